The average Bonchev–Trinajstić information content (AvgIpc) is 2.16. The first-order valence-electron chi connectivity index (χ1n) is 5.96. The Hall–Kier alpha value is -0.0600. The van der Waals surface area contributed by atoms with E-state index < -0.39 is 8.25 Å². The molecular weight excluding hydrogens is 241 g/mol. The van der Waals surface area contributed by atoms with Crippen molar-refractivity contribution in [1.29, 1.82) is 0 Å². The lowest BCUT2D eigenvalue weighted by Crippen LogP contribution is -2.43. The van der Waals surface area contributed by atoms with Crippen LogP contribution in [0.5, 0.6) is 0 Å². The highest BCUT2D eigenvalue weighted by Crippen LogP contribution is 2.28. The quantitative estimate of drug-likeness (QED) is 0.279. The van der Waals surface area contributed by atoms with Crippen LogP contribution in [-0.2, 0) is 13.6 Å². The van der Waals surface area contributed by atoms with E-state index in [-0.39, 0.29) is 11.7 Å². The summed E-state index contributed by atoms with van der Waals surface area (Å²) in [6.45, 7) is 4.58. The molecule has 0 aromatic carbocycles. The smallest absolute Gasteiger partial charge is 0.703 e. The van der Waals surface area contributed by atoms with Crippen molar-refractivity contribution in [2.45, 2.75) is 45.8 Å². The van der Waals surface area contributed by atoms with Crippen molar-refractivity contribution in [1.82, 2.24) is 0 Å². The lowest BCUT2D eigenvalue weighted by atomic mass is 10.2. The number of rotatable bonds is 9. The van der Waals surface area contributed by atoms with Gasteiger partial charge in [0.15, 0.2) is 0 Å². The minimum absolute atomic E-state index is 0. The van der Waals surface area contributed by atoms with Crippen LogP contribution in [0.1, 0.15) is 39.5 Å². The molecule has 17 heavy (non-hydrogen) atoms. The van der Waals surface area contributed by atoms with E-state index in [4.69, 9.17) is 9.05 Å². The Balaban J connectivity index is 0. The zero-order valence-electron chi connectivity index (χ0n) is 11.7. The monoisotopic (exact) mass is 268 g/mol. The Labute approximate surface area is 106 Å². The average molecular weight is 268 g/mol. The van der Waals surface area contributed by atoms with Crippen molar-refractivity contribution in [2.24, 2.45) is 0 Å². The molecule has 0 saturated carbocycles. The molecule has 0 aromatic heterocycles. The molecule has 0 radical (unpaired) electrons. The second-order valence-electron chi connectivity index (χ2n) is 4.94. The Morgan fingerprint density at radius 3 is 2.24 bits per heavy atom. The molecular formula is C11H27NO4P+. The Kier molecular flexibility index (Phi) is 11.3. The summed E-state index contributed by atoms with van der Waals surface area (Å²) in [5.41, 5.74) is 0. The first-order chi connectivity index (χ1) is 7.38. The largest absolute Gasteiger partial charge is 0.870 e. The van der Waals surface area contributed by atoms with E-state index >= 15 is 0 Å². The number of nitrogens with zero attached hydrogens (tertiary/aromatic N) is 1. The SMILES string of the molecule is CCCCCCO[P+](=O)OC(C)[N+](C)(C)C.[OH-]. The van der Waals surface area contributed by atoms with Crippen molar-refractivity contribution in [3.8, 4) is 0 Å². The van der Waals surface area contributed by atoms with E-state index in [1.165, 1.54) is 12.8 Å². The van der Waals surface area contributed by atoms with Gasteiger partial charge in [0, 0.05) is 11.5 Å². The Morgan fingerprint density at radius 1 is 1.18 bits per heavy atom. The van der Waals surface area contributed by atoms with Crippen LogP contribution in [0.3, 0.4) is 0 Å². The minimum atomic E-state index is -1.97. The van der Waals surface area contributed by atoms with Gasteiger partial charge in [-0.05, 0) is 6.42 Å². The van der Waals surface area contributed by atoms with Crippen molar-refractivity contribution in [3.05, 3.63) is 0 Å². The zero-order valence-corrected chi connectivity index (χ0v) is 12.6. The minimum Gasteiger partial charge on any atom is -0.870 e. The fourth-order valence-corrected chi connectivity index (χ4v) is 1.84. The van der Waals surface area contributed by atoms with Gasteiger partial charge < -0.3 is 9.96 Å². The van der Waals surface area contributed by atoms with Crippen LogP contribution in [0.4, 0.5) is 0 Å². The van der Waals surface area contributed by atoms with Gasteiger partial charge in [-0.3, -0.25) is 0 Å². The van der Waals surface area contributed by atoms with Gasteiger partial charge in [-0.2, -0.15) is 0 Å². The van der Waals surface area contributed by atoms with Crippen LogP contribution in [-0.4, -0.2) is 43.9 Å². The molecule has 5 nitrogen and oxygen atoms in total. The normalized spacial score (nSPS) is 14.1. The molecule has 2 unspecified atom stereocenters. The summed E-state index contributed by atoms with van der Waals surface area (Å²) in [6.07, 6.45) is 4.36. The lowest BCUT2D eigenvalue weighted by Gasteiger charge is -2.26. The number of quaternary nitrogens is 1. The van der Waals surface area contributed by atoms with Gasteiger partial charge in [0.2, 0.25) is 6.23 Å². The fourth-order valence-electron chi connectivity index (χ4n) is 0.964. The first-order valence-corrected chi connectivity index (χ1v) is 7.05. The summed E-state index contributed by atoms with van der Waals surface area (Å²) >= 11 is 0. The topological polar surface area (TPSA) is 65.5 Å². The predicted octanol–water partition coefficient (Wildman–Crippen LogP) is 3.13. The molecule has 0 heterocycles. The fraction of sp³-hybridized carbons (Fsp3) is 1.00. The van der Waals surface area contributed by atoms with Crippen molar-refractivity contribution in [2.75, 3.05) is 27.7 Å². The summed E-state index contributed by atoms with van der Waals surface area (Å²) in [5.74, 6) is 0. The lowest BCUT2D eigenvalue weighted by molar-refractivity contribution is -0.913. The molecule has 0 saturated heterocycles. The van der Waals surface area contributed by atoms with E-state index in [0.717, 1.165) is 12.8 Å². The summed E-state index contributed by atoms with van der Waals surface area (Å²) in [6, 6.07) is 0. The molecule has 0 aliphatic heterocycles. The molecule has 0 bridgehead atoms. The Morgan fingerprint density at radius 2 is 1.76 bits per heavy atom. The number of unbranched alkanes of at least 4 members (excludes halogenated alkanes) is 3. The van der Waals surface area contributed by atoms with E-state index in [1.807, 2.05) is 28.1 Å². The molecule has 2 atom stereocenters. The number of hydrogen-bond donors (Lipinski definition) is 0. The third-order valence-electron chi connectivity index (χ3n) is 2.52. The second kappa shape index (κ2) is 9.92. The van der Waals surface area contributed by atoms with Crippen LogP contribution in [0.25, 0.3) is 0 Å². The van der Waals surface area contributed by atoms with Crippen molar-refractivity contribution in [3.63, 3.8) is 0 Å². The molecule has 6 heteroatoms. The van der Waals surface area contributed by atoms with Gasteiger partial charge in [0.05, 0.1) is 21.1 Å². The third-order valence-corrected chi connectivity index (χ3v) is 3.39. The summed E-state index contributed by atoms with van der Waals surface area (Å²) < 4.78 is 22.4. The summed E-state index contributed by atoms with van der Waals surface area (Å²) in [5, 5.41) is 0. The molecule has 0 aliphatic rings. The maximum atomic E-state index is 11.4. The van der Waals surface area contributed by atoms with Gasteiger partial charge >= 0.3 is 8.25 Å². The molecule has 0 fully saturated rings. The third kappa shape index (κ3) is 10.8. The standard InChI is InChI=1S/C11H26NO3P.H2O/c1-6-7-8-9-10-14-16(13)15-11(2)12(3,4)5;/h11H,6-10H2,1-5H3;1H2/q+2;/p-1. The van der Waals surface area contributed by atoms with E-state index in [0.29, 0.717) is 11.1 Å². The highest BCUT2D eigenvalue weighted by Gasteiger charge is 2.32. The van der Waals surface area contributed by atoms with Crippen molar-refractivity contribution >= 4 is 8.25 Å². The Bertz CT molecular complexity index is 206. The molecule has 0 aromatic rings. The molecule has 0 amide bonds. The molecule has 0 spiro atoms. The molecule has 0 aliphatic carbocycles. The van der Waals surface area contributed by atoms with Crippen LogP contribution >= 0.6 is 8.25 Å². The second-order valence-corrected chi connectivity index (χ2v) is 5.85. The van der Waals surface area contributed by atoms with Crippen LogP contribution in [0.2, 0.25) is 0 Å². The molecule has 1 N–H and O–H groups in total. The van der Waals surface area contributed by atoms with E-state index in [1.54, 1.807) is 0 Å². The van der Waals surface area contributed by atoms with Crippen LogP contribution < -0.4 is 0 Å². The van der Waals surface area contributed by atoms with Crippen LogP contribution in [0, 0.1) is 0 Å². The maximum Gasteiger partial charge on any atom is 0.703 e. The maximum absolute atomic E-state index is 11.4. The number of hydrogen-bond acceptors (Lipinski definition) is 4. The van der Waals surface area contributed by atoms with Crippen molar-refractivity contribution < 1.29 is 23.6 Å². The highest BCUT2D eigenvalue weighted by atomic mass is 31.1. The first kappa shape index (κ1) is 19.3. The van der Waals surface area contributed by atoms with Gasteiger partial charge in [0.25, 0.3) is 0 Å². The van der Waals surface area contributed by atoms with Gasteiger partial charge in [-0.1, -0.05) is 30.7 Å². The summed E-state index contributed by atoms with van der Waals surface area (Å²) in [7, 11) is 4.01. The predicted molar refractivity (Wildman–Crippen MR) is 68.2 cm³/mol. The van der Waals surface area contributed by atoms with Gasteiger partial charge in [-0.25, -0.2) is 0 Å². The van der Waals surface area contributed by atoms with Gasteiger partial charge in [-0.15, -0.1) is 4.52 Å². The summed E-state index contributed by atoms with van der Waals surface area (Å²) in [4.78, 5) is 0. The highest BCUT2D eigenvalue weighted by molar-refractivity contribution is 7.33. The van der Waals surface area contributed by atoms with E-state index in [9.17, 15) is 4.57 Å². The zero-order chi connectivity index (χ0) is 12.6. The van der Waals surface area contributed by atoms with Gasteiger partial charge in [0.1, 0.15) is 6.61 Å². The molecule has 0 rings (SSSR count). The molecule has 104 valence electrons. The van der Waals surface area contributed by atoms with Crippen LogP contribution in [0.15, 0.2) is 0 Å². The van der Waals surface area contributed by atoms with E-state index in [2.05, 4.69) is 6.92 Å².